The van der Waals surface area contributed by atoms with Crippen molar-refractivity contribution < 1.29 is 14.3 Å². The van der Waals surface area contributed by atoms with Gasteiger partial charge in [0.05, 0.1) is 17.3 Å². The second-order valence-electron chi connectivity index (χ2n) is 5.31. The number of nitrogens with two attached hydrogens (primary N) is 1. The highest BCUT2D eigenvalue weighted by Crippen LogP contribution is 2.35. The van der Waals surface area contributed by atoms with Gasteiger partial charge in [0, 0.05) is 16.2 Å². The third kappa shape index (κ3) is 4.42. The van der Waals surface area contributed by atoms with Crippen molar-refractivity contribution in [3.8, 4) is 11.5 Å². The lowest BCUT2D eigenvalue weighted by Gasteiger charge is -2.15. The molecule has 0 aliphatic rings. The molecular formula is C17H18Br2N2O3. The maximum absolute atomic E-state index is 12.2. The van der Waals surface area contributed by atoms with Gasteiger partial charge in [0.1, 0.15) is 11.5 Å². The van der Waals surface area contributed by atoms with Gasteiger partial charge in [-0.1, -0.05) is 6.07 Å². The summed E-state index contributed by atoms with van der Waals surface area (Å²) >= 11 is 6.83. The van der Waals surface area contributed by atoms with Crippen molar-refractivity contribution in [1.82, 2.24) is 0 Å². The molecule has 0 bridgehead atoms. The Morgan fingerprint density at radius 3 is 2.50 bits per heavy atom. The number of hydrogen-bond acceptors (Lipinski definition) is 4. The number of nitrogens with one attached hydrogen (secondary N) is 1. The summed E-state index contributed by atoms with van der Waals surface area (Å²) in [5, 5.41) is 2.77. The van der Waals surface area contributed by atoms with Gasteiger partial charge in [-0.3, -0.25) is 4.79 Å². The summed E-state index contributed by atoms with van der Waals surface area (Å²) in [5.74, 6) is 0.827. The number of halogens is 2. The number of carbonyl (C=O) groups excluding carboxylic acids is 1. The first-order valence-electron chi connectivity index (χ1n) is 7.14. The summed E-state index contributed by atoms with van der Waals surface area (Å²) < 4.78 is 12.4. The van der Waals surface area contributed by atoms with Crippen molar-refractivity contribution in [2.24, 2.45) is 0 Å². The monoisotopic (exact) mass is 456 g/mol. The maximum Gasteiger partial charge on any atom is 0.262 e. The van der Waals surface area contributed by atoms with Crippen molar-refractivity contribution >= 4 is 49.1 Å². The van der Waals surface area contributed by atoms with Crippen LogP contribution in [0, 0.1) is 13.8 Å². The minimum atomic E-state index is -0.300. The summed E-state index contributed by atoms with van der Waals surface area (Å²) in [6.07, 6.45) is 0. The lowest BCUT2D eigenvalue weighted by Crippen LogP contribution is -2.21. The molecule has 0 saturated heterocycles. The molecule has 2 aromatic carbocycles. The second-order valence-corrected chi connectivity index (χ2v) is 7.02. The summed E-state index contributed by atoms with van der Waals surface area (Å²) in [4.78, 5) is 12.2. The molecule has 24 heavy (non-hydrogen) atoms. The van der Waals surface area contributed by atoms with Gasteiger partial charge >= 0.3 is 0 Å². The van der Waals surface area contributed by atoms with Crippen LogP contribution >= 0.6 is 31.9 Å². The van der Waals surface area contributed by atoms with Crippen LogP contribution in [0.5, 0.6) is 11.5 Å². The maximum atomic E-state index is 12.2. The number of benzene rings is 2. The van der Waals surface area contributed by atoms with Gasteiger partial charge in [-0.2, -0.15) is 0 Å². The van der Waals surface area contributed by atoms with Gasteiger partial charge in [0.2, 0.25) is 0 Å². The van der Waals surface area contributed by atoms with Crippen LogP contribution in [0.3, 0.4) is 0 Å². The van der Waals surface area contributed by atoms with Crippen molar-refractivity contribution in [1.29, 1.82) is 0 Å². The molecule has 128 valence electrons. The summed E-state index contributed by atoms with van der Waals surface area (Å²) in [5.41, 5.74) is 8.89. The molecule has 7 heteroatoms. The van der Waals surface area contributed by atoms with E-state index in [2.05, 4.69) is 37.2 Å². The number of carbonyl (C=O) groups is 1. The highest BCUT2D eigenvalue weighted by molar-refractivity contribution is 9.11. The third-order valence-electron chi connectivity index (χ3n) is 3.28. The van der Waals surface area contributed by atoms with E-state index in [1.54, 1.807) is 12.1 Å². The fourth-order valence-electron chi connectivity index (χ4n) is 2.28. The highest BCUT2D eigenvalue weighted by atomic mass is 79.9. The lowest BCUT2D eigenvalue weighted by atomic mass is 10.1. The Bertz CT molecular complexity index is 756. The molecule has 0 radical (unpaired) electrons. The van der Waals surface area contributed by atoms with E-state index in [0.717, 1.165) is 15.6 Å². The van der Waals surface area contributed by atoms with E-state index in [4.69, 9.17) is 15.2 Å². The molecule has 3 N–H and O–H groups in total. The molecule has 2 aromatic rings. The topological polar surface area (TPSA) is 73.6 Å². The standard InChI is InChI=1S/C17H18Br2N2O3/c1-9-4-10(2)17(13(19)5-9)24-8-15(22)21-16-12(18)6-11(20)7-14(16)23-3/h4-7H,8,20H2,1-3H3,(H,21,22). The highest BCUT2D eigenvalue weighted by Gasteiger charge is 2.14. The smallest absolute Gasteiger partial charge is 0.262 e. The van der Waals surface area contributed by atoms with E-state index in [0.29, 0.717) is 27.3 Å². The molecule has 2 rings (SSSR count). The minimum absolute atomic E-state index is 0.123. The Labute approximate surface area is 157 Å². The third-order valence-corrected chi connectivity index (χ3v) is 4.50. The van der Waals surface area contributed by atoms with Crippen molar-refractivity contribution in [2.45, 2.75) is 13.8 Å². The molecule has 5 nitrogen and oxygen atoms in total. The van der Waals surface area contributed by atoms with Crippen LogP contribution in [-0.4, -0.2) is 19.6 Å². The molecule has 0 fully saturated rings. The Hall–Kier alpha value is -1.73. The largest absolute Gasteiger partial charge is 0.494 e. The van der Waals surface area contributed by atoms with Crippen LogP contribution in [0.1, 0.15) is 11.1 Å². The van der Waals surface area contributed by atoms with E-state index in [1.807, 2.05) is 26.0 Å². The van der Waals surface area contributed by atoms with Crippen LogP contribution in [0.2, 0.25) is 0 Å². The zero-order valence-corrected chi connectivity index (χ0v) is 16.7. The number of aryl methyl sites for hydroxylation is 2. The quantitative estimate of drug-likeness (QED) is 0.651. The van der Waals surface area contributed by atoms with E-state index < -0.39 is 0 Å². The predicted octanol–water partition coefficient (Wildman–Crippen LogP) is 4.44. The van der Waals surface area contributed by atoms with Crippen LogP contribution in [0.15, 0.2) is 33.2 Å². The number of ether oxygens (including phenoxy) is 2. The van der Waals surface area contributed by atoms with E-state index in [-0.39, 0.29) is 12.5 Å². The zero-order valence-electron chi connectivity index (χ0n) is 13.6. The van der Waals surface area contributed by atoms with Crippen molar-refractivity contribution in [2.75, 3.05) is 24.8 Å². The molecule has 0 aromatic heterocycles. The molecule has 0 heterocycles. The fraction of sp³-hybridized carbons (Fsp3) is 0.235. The van der Waals surface area contributed by atoms with Crippen molar-refractivity contribution in [3.05, 3.63) is 44.3 Å². The first-order chi connectivity index (χ1) is 11.3. The van der Waals surface area contributed by atoms with E-state index in [9.17, 15) is 4.79 Å². The fourth-order valence-corrected chi connectivity index (χ4v) is 3.63. The van der Waals surface area contributed by atoms with Crippen LogP contribution in [0.4, 0.5) is 11.4 Å². The Morgan fingerprint density at radius 1 is 1.17 bits per heavy atom. The molecular weight excluding hydrogens is 440 g/mol. The Kier molecular flexibility index (Phi) is 6.12. The van der Waals surface area contributed by atoms with Crippen LogP contribution in [0.25, 0.3) is 0 Å². The normalized spacial score (nSPS) is 10.4. The molecule has 1 amide bonds. The molecule has 0 aliphatic carbocycles. The molecule has 0 unspecified atom stereocenters. The molecule has 0 saturated carbocycles. The molecule has 0 atom stereocenters. The van der Waals surface area contributed by atoms with Gasteiger partial charge in [-0.25, -0.2) is 0 Å². The number of hydrogen-bond donors (Lipinski definition) is 2. The average Bonchev–Trinajstić information content (AvgIpc) is 2.48. The van der Waals surface area contributed by atoms with Gasteiger partial charge in [0.25, 0.3) is 5.91 Å². The summed E-state index contributed by atoms with van der Waals surface area (Å²) in [6.45, 7) is 3.81. The first-order valence-corrected chi connectivity index (χ1v) is 8.72. The van der Waals surface area contributed by atoms with Crippen LogP contribution < -0.4 is 20.5 Å². The SMILES string of the molecule is COc1cc(N)cc(Br)c1NC(=O)COc1c(C)cc(C)cc1Br. The number of methoxy groups -OCH3 is 1. The van der Waals surface area contributed by atoms with Gasteiger partial charge < -0.3 is 20.5 Å². The second kappa shape index (κ2) is 7.90. The predicted molar refractivity (Wildman–Crippen MR) is 103 cm³/mol. The molecule has 0 spiro atoms. The number of nitrogen functional groups attached to an aromatic ring is 1. The first kappa shape index (κ1) is 18.6. The Balaban J connectivity index is 2.10. The summed E-state index contributed by atoms with van der Waals surface area (Å²) in [6, 6.07) is 7.28. The Morgan fingerprint density at radius 2 is 1.88 bits per heavy atom. The number of rotatable bonds is 5. The average molecular weight is 458 g/mol. The van der Waals surface area contributed by atoms with Gasteiger partial charge in [-0.05, 0) is 69.0 Å². The number of amides is 1. The van der Waals surface area contributed by atoms with E-state index in [1.165, 1.54) is 7.11 Å². The zero-order chi connectivity index (χ0) is 17.9. The van der Waals surface area contributed by atoms with Crippen LogP contribution in [-0.2, 0) is 4.79 Å². The van der Waals surface area contributed by atoms with Crippen molar-refractivity contribution in [3.63, 3.8) is 0 Å². The number of anilines is 2. The minimum Gasteiger partial charge on any atom is -0.494 e. The lowest BCUT2D eigenvalue weighted by molar-refractivity contribution is -0.118. The molecule has 0 aliphatic heterocycles. The van der Waals surface area contributed by atoms with E-state index >= 15 is 0 Å². The van der Waals surface area contributed by atoms with Gasteiger partial charge in [0.15, 0.2) is 6.61 Å². The summed E-state index contributed by atoms with van der Waals surface area (Å²) in [7, 11) is 1.51. The van der Waals surface area contributed by atoms with Gasteiger partial charge in [-0.15, -0.1) is 0 Å².